The molecule has 6 aromatic carbocycles. The van der Waals surface area contributed by atoms with Crippen LogP contribution in [-0.4, -0.2) is 18.7 Å². The van der Waals surface area contributed by atoms with Crippen LogP contribution in [0, 0.1) is 6.33 Å². The van der Waals surface area contributed by atoms with Crippen LogP contribution in [0.5, 0.6) is 11.5 Å². The van der Waals surface area contributed by atoms with Gasteiger partial charge in [-0.05, 0) is 77.7 Å². The lowest BCUT2D eigenvalue weighted by atomic mass is 9.88. The van der Waals surface area contributed by atoms with Crippen LogP contribution in [0.3, 0.4) is 0 Å². The molecule has 4 heterocycles. The molecule has 0 radical (unpaired) electrons. The fraction of sp³-hybridized carbons (Fsp3) is 0.106. The van der Waals surface area contributed by atoms with Crippen molar-refractivity contribution in [2.24, 2.45) is 7.05 Å². The topological polar surface area (TPSA) is 40.8 Å². The summed E-state index contributed by atoms with van der Waals surface area (Å²) < 4.78 is 15.4. The summed E-state index contributed by atoms with van der Waals surface area (Å²) >= 11 is 0. The number of benzene rings is 6. The second kappa shape index (κ2) is 11.7. The van der Waals surface area contributed by atoms with Gasteiger partial charge < -0.3 is 18.4 Å². The van der Waals surface area contributed by atoms with Gasteiger partial charge in [0, 0.05) is 39.5 Å². The third-order valence-corrected chi connectivity index (χ3v) is 10.4. The van der Waals surface area contributed by atoms with Crippen molar-refractivity contribution < 1.29 is 9.30 Å². The van der Waals surface area contributed by atoms with Crippen LogP contribution >= 0.6 is 0 Å². The highest BCUT2D eigenvalue weighted by Crippen LogP contribution is 2.39. The molecule has 53 heavy (non-hydrogen) atoms. The van der Waals surface area contributed by atoms with Crippen LogP contribution < -0.4 is 9.30 Å². The number of para-hydroxylation sites is 4. The lowest BCUT2D eigenvalue weighted by molar-refractivity contribution is -0.649. The number of imidazole rings is 1. The summed E-state index contributed by atoms with van der Waals surface area (Å²) in [6.07, 6.45) is 5.36. The second-order valence-corrected chi connectivity index (χ2v) is 14.8. The molecule has 0 saturated heterocycles. The molecule has 0 spiro atoms. The van der Waals surface area contributed by atoms with Gasteiger partial charge in [0.15, 0.2) is 0 Å². The summed E-state index contributed by atoms with van der Waals surface area (Å²) in [7, 11) is 2.02. The first-order chi connectivity index (χ1) is 25.8. The van der Waals surface area contributed by atoms with E-state index in [-0.39, 0.29) is 5.41 Å². The Morgan fingerprint density at radius 2 is 1.23 bits per heavy atom. The lowest BCUT2D eigenvalue weighted by Crippen LogP contribution is -2.26. The molecular weight excluding hydrogens is 651 g/mol. The number of hydrogen-bond acceptors (Lipinski definition) is 2. The molecule has 0 unspecified atom stereocenters. The number of ether oxygens (including phenoxy) is 1. The molecule has 0 atom stereocenters. The zero-order valence-electron chi connectivity index (χ0n) is 30.1. The van der Waals surface area contributed by atoms with Crippen molar-refractivity contribution >= 4 is 54.6 Å². The summed E-state index contributed by atoms with van der Waals surface area (Å²) in [5.74, 6) is 2.38. The maximum absolute atomic E-state index is 6.64. The fourth-order valence-electron chi connectivity index (χ4n) is 7.86. The number of aromatic nitrogens is 5. The normalized spacial score (nSPS) is 12.2. The van der Waals surface area contributed by atoms with E-state index in [1.54, 1.807) is 0 Å². The van der Waals surface area contributed by atoms with E-state index in [4.69, 9.17) is 9.72 Å². The molecule has 0 N–H and O–H groups in total. The molecule has 256 valence electrons. The van der Waals surface area contributed by atoms with Crippen molar-refractivity contribution in [2.45, 2.75) is 26.2 Å². The second-order valence-electron chi connectivity index (χ2n) is 14.8. The zero-order valence-corrected chi connectivity index (χ0v) is 30.1. The number of aryl methyl sites for hydroxylation is 1. The molecule has 4 aromatic heterocycles. The maximum Gasteiger partial charge on any atom is 0.244 e. The molecule has 0 aliphatic heterocycles. The minimum Gasteiger partial charge on any atom is -0.458 e. The van der Waals surface area contributed by atoms with E-state index in [2.05, 4.69) is 174 Å². The van der Waals surface area contributed by atoms with Gasteiger partial charge in [-0.1, -0.05) is 93.6 Å². The molecule has 0 bridgehead atoms. The summed E-state index contributed by atoms with van der Waals surface area (Å²) in [5, 5.41) is 4.78. The van der Waals surface area contributed by atoms with E-state index in [1.807, 2.05) is 29.9 Å². The van der Waals surface area contributed by atoms with Crippen molar-refractivity contribution in [1.29, 1.82) is 0 Å². The van der Waals surface area contributed by atoms with Gasteiger partial charge >= 0.3 is 0 Å². The van der Waals surface area contributed by atoms with Crippen LogP contribution in [-0.2, 0) is 12.5 Å². The Hall–Kier alpha value is -6.66. The van der Waals surface area contributed by atoms with Crippen LogP contribution in [0.25, 0.3) is 71.8 Å². The largest absolute Gasteiger partial charge is 0.458 e. The molecular formula is C47H37N5O. The quantitative estimate of drug-likeness (QED) is 0.133. The highest BCUT2D eigenvalue weighted by atomic mass is 16.5. The first-order valence-corrected chi connectivity index (χ1v) is 18.0. The summed E-state index contributed by atoms with van der Waals surface area (Å²) in [6, 6.07) is 51.3. The number of rotatable bonds is 5. The van der Waals surface area contributed by atoms with Crippen molar-refractivity contribution in [3.63, 3.8) is 0 Å². The van der Waals surface area contributed by atoms with Crippen molar-refractivity contribution in [2.75, 3.05) is 0 Å². The molecule has 6 heteroatoms. The van der Waals surface area contributed by atoms with E-state index in [9.17, 15) is 0 Å². The molecule has 10 rings (SSSR count). The number of fused-ring (bicyclic) bond motifs is 7. The Bertz CT molecular complexity index is 2990. The predicted molar refractivity (Wildman–Crippen MR) is 215 cm³/mol. The minimum absolute atomic E-state index is 0.0288. The monoisotopic (exact) mass is 687 g/mol. The Balaban J connectivity index is 1.14. The Morgan fingerprint density at radius 1 is 0.547 bits per heavy atom. The van der Waals surface area contributed by atoms with Crippen LogP contribution in [0.15, 0.2) is 152 Å². The molecule has 0 amide bonds. The molecule has 10 aromatic rings. The van der Waals surface area contributed by atoms with E-state index in [0.29, 0.717) is 0 Å². The summed E-state index contributed by atoms with van der Waals surface area (Å²) in [5.41, 5.74) is 9.99. The van der Waals surface area contributed by atoms with Crippen molar-refractivity contribution in [3.8, 4) is 28.7 Å². The standard InChI is InChI=1S/C47H37N5O/c1-47(2,3)31-24-25-48-46(26-31)52-42-23-20-33(51-40-16-7-5-14-36(40)37-15-6-8-17-41(37)51)28-39(42)38-22-21-35(29-45(38)52)53-34-13-11-12-32(27-34)50-30-49(4)43-18-9-10-19-44(43)50/h5-29H,1-4H3. The first kappa shape index (κ1) is 31.1. The zero-order chi connectivity index (χ0) is 35.8. The average Bonchev–Trinajstić information content (AvgIpc) is 3.81. The van der Waals surface area contributed by atoms with Gasteiger partial charge in [-0.15, -0.1) is 0 Å². The molecule has 0 saturated carbocycles. The van der Waals surface area contributed by atoms with E-state index < -0.39 is 0 Å². The third kappa shape index (κ3) is 5.01. The van der Waals surface area contributed by atoms with Crippen LogP contribution in [0.1, 0.15) is 26.3 Å². The van der Waals surface area contributed by atoms with Gasteiger partial charge in [0.25, 0.3) is 0 Å². The molecule has 0 aliphatic carbocycles. The number of hydrogen-bond donors (Lipinski definition) is 0. The maximum atomic E-state index is 6.64. The van der Waals surface area contributed by atoms with Gasteiger partial charge in [-0.2, -0.15) is 0 Å². The lowest BCUT2D eigenvalue weighted by Gasteiger charge is -2.20. The van der Waals surface area contributed by atoms with Crippen molar-refractivity contribution in [3.05, 3.63) is 164 Å². The molecule has 0 aliphatic rings. The third-order valence-electron chi connectivity index (χ3n) is 10.4. The predicted octanol–water partition coefficient (Wildman–Crippen LogP) is 10.9. The highest BCUT2D eigenvalue weighted by molar-refractivity contribution is 6.12. The SMILES string of the molecule is C[n+]1[c-]n(-c2cccc(Oc3ccc4c5cc(-n6c7ccccc7c7ccccc76)ccc5n(-c5cc(C(C)(C)C)ccn5)c4c3)c2)c2ccccc21. The number of pyridine rings is 1. The molecule has 0 fully saturated rings. The first-order valence-electron chi connectivity index (χ1n) is 18.0. The Kier molecular flexibility index (Phi) is 6.86. The van der Waals surface area contributed by atoms with Gasteiger partial charge in [-0.25, -0.2) is 4.98 Å². The highest BCUT2D eigenvalue weighted by Gasteiger charge is 2.20. The minimum atomic E-state index is -0.0288. The van der Waals surface area contributed by atoms with E-state index in [0.717, 1.165) is 61.5 Å². The molecule has 6 nitrogen and oxygen atoms in total. The smallest absolute Gasteiger partial charge is 0.244 e. The fourth-order valence-corrected chi connectivity index (χ4v) is 7.86. The summed E-state index contributed by atoms with van der Waals surface area (Å²) in [4.78, 5) is 4.94. The van der Waals surface area contributed by atoms with Crippen molar-refractivity contribution in [1.82, 2.24) is 18.7 Å². The van der Waals surface area contributed by atoms with Gasteiger partial charge in [-0.3, -0.25) is 4.57 Å². The average molecular weight is 688 g/mol. The van der Waals surface area contributed by atoms with Gasteiger partial charge in [0.05, 0.1) is 45.8 Å². The van der Waals surface area contributed by atoms with Gasteiger partial charge in [0.1, 0.15) is 17.3 Å². The van der Waals surface area contributed by atoms with E-state index in [1.165, 1.54) is 27.4 Å². The van der Waals surface area contributed by atoms with Crippen LogP contribution in [0.4, 0.5) is 0 Å². The van der Waals surface area contributed by atoms with E-state index >= 15 is 0 Å². The Labute approximate surface area is 307 Å². The summed E-state index contributed by atoms with van der Waals surface area (Å²) in [6.45, 7) is 6.72. The number of nitrogens with zero attached hydrogens (tertiary/aromatic N) is 5. The van der Waals surface area contributed by atoms with Crippen LogP contribution in [0.2, 0.25) is 0 Å². The van der Waals surface area contributed by atoms with Gasteiger partial charge in [0.2, 0.25) is 6.33 Å². The Morgan fingerprint density at radius 3 is 2.00 bits per heavy atom.